The van der Waals surface area contributed by atoms with Crippen molar-refractivity contribution >= 4 is 58.4 Å². The van der Waals surface area contributed by atoms with Crippen molar-refractivity contribution in [2.24, 2.45) is 5.73 Å². The van der Waals surface area contributed by atoms with Crippen molar-refractivity contribution in [3.8, 4) is 0 Å². The van der Waals surface area contributed by atoms with Crippen LogP contribution in [0.1, 0.15) is 6.42 Å². The first-order chi connectivity index (χ1) is 13.1. The van der Waals surface area contributed by atoms with Gasteiger partial charge in [0, 0.05) is 12.6 Å². The van der Waals surface area contributed by atoms with Gasteiger partial charge in [0.25, 0.3) is 5.91 Å². The Morgan fingerprint density at radius 2 is 1.79 bits per heavy atom. The fourth-order valence-electron chi connectivity index (χ4n) is 1.90. The Morgan fingerprint density at radius 3 is 2.28 bits per heavy atom. The summed E-state index contributed by atoms with van der Waals surface area (Å²) in [6.45, 7) is -0.898. The molecule has 2 amide bonds. The zero-order valence-corrected chi connectivity index (χ0v) is 18.8. The van der Waals surface area contributed by atoms with Gasteiger partial charge in [0.2, 0.25) is 6.41 Å². The third-order valence-corrected chi connectivity index (χ3v) is 7.59. The van der Waals surface area contributed by atoms with Crippen LogP contribution in [-0.2, 0) is 41.2 Å². The number of primary amides is 1. The number of carbonyl (C=O) groups is 2. The molecule has 0 radical (unpaired) electrons. The van der Waals surface area contributed by atoms with E-state index in [0.717, 1.165) is 11.1 Å². The molecule has 16 nitrogen and oxygen atoms in total. The molecule has 0 bridgehead atoms. The standard InChI is InChI=1S/C9H16IN2O14P3/c10-5(9(11)15)2-12(4-13)8-1-6(14)7(24-8)3-23-28(19,20)26-29(21,22)25-27(16,17)18/h2,4,6-8,14H,1,3H2,(H2,11,15)(H,19,20)(H,21,22)(H2,16,17,18)/b5-2+/t6-,7-,8-/m1/s1. The molecule has 0 saturated carbocycles. The quantitative estimate of drug-likeness (QED) is 0.0727. The van der Waals surface area contributed by atoms with Gasteiger partial charge >= 0.3 is 23.5 Å². The van der Waals surface area contributed by atoms with E-state index in [2.05, 4.69) is 13.1 Å². The zero-order chi connectivity index (χ0) is 22.6. The number of aliphatic hydroxyl groups excluding tert-OH is 1. The molecule has 168 valence electrons. The highest BCUT2D eigenvalue weighted by molar-refractivity contribution is 14.1. The molecule has 1 fully saturated rings. The number of hydrogen-bond acceptors (Lipinski definition) is 10. The average Bonchev–Trinajstić information content (AvgIpc) is 2.87. The highest BCUT2D eigenvalue weighted by atomic mass is 127. The molecule has 1 aliphatic rings. The summed E-state index contributed by atoms with van der Waals surface area (Å²) in [7, 11) is -16.6. The topological polar surface area (TPSA) is 253 Å². The number of aliphatic hydroxyl groups is 1. The summed E-state index contributed by atoms with van der Waals surface area (Å²) in [6, 6.07) is 0. The number of ether oxygens (including phenoxy) is 1. The highest BCUT2D eigenvalue weighted by Gasteiger charge is 2.43. The van der Waals surface area contributed by atoms with Crippen molar-refractivity contribution in [2.75, 3.05) is 6.61 Å². The molecular weight excluding hydrogens is 580 g/mol. The van der Waals surface area contributed by atoms with Gasteiger partial charge in [0.05, 0.1) is 16.3 Å². The summed E-state index contributed by atoms with van der Waals surface area (Å²) >= 11 is 1.55. The van der Waals surface area contributed by atoms with E-state index in [-0.39, 0.29) is 16.4 Å². The van der Waals surface area contributed by atoms with Gasteiger partial charge in [-0.15, -0.1) is 0 Å². The summed E-state index contributed by atoms with van der Waals surface area (Å²) in [5.41, 5.74) is 5.03. The molecule has 29 heavy (non-hydrogen) atoms. The molecule has 0 aromatic carbocycles. The van der Waals surface area contributed by atoms with E-state index in [4.69, 9.17) is 25.2 Å². The largest absolute Gasteiger partial charge is 0.490 e. The minimum Gasteiger partial charge on any atom is -0.390 e. The Morgan fingerprint density at radius 1 is 1.21 bits per heavy atom. The lowest BCUT2D eigenvalue weighted by molar-refractivity contribution is -0.127. The van der Waals surface area contributed by atoms with Gasteiger partial charge in [-0.05, 0) is 22.6 Å². The van der Waals surface area contributed by atoms with Crippen LogP contribution in [0.25, 0.3) is 0 Å². The first-order valence-corrected chi connectivity index (χ1v) is 12.7. The van der Waals surface area contributed by atoms with E-state index in [9.17, 15) is 33.3 Å². The minimum atomic E-state index is -5.68. The summed E-state index contributed by atoms with van der Waals surface area (Å²) in [6.07, 6.45) is -2.67. The van der Waals surface area contributed by atoms with Crippen LogP contribution in [0, 0.1) is 0 Å². The van der Waals surface area contributed by atoms with Crippen LogP contribution in [0.3, 0.4) is 0 Å². The second-order valence-electron chi connectivity index (χ2n) is 5.21. The normalized spacial score (nSPS) is 27.1. The van der Waals surface area contributed by atoms with Crippen LogP contribution in [0.15, 0.2) is 9.78 Å². The van der Waals surface area contributed by atoms with Crippen LogP contribution < -0.4 is 5.73 Å². The van der Waals surface area contributed by atoms with E-state index < -0.39 is 54.4 Å². The number of phosphoric acid groups is 3. The lowest BCUT2D eigenvalue weighted by Crippen LogP contribution is -2.31. The van der Waals surface area contributed by atoms with Crippen molar-refractivity contribution < 1.29 is 65.8 Å². The molecule has 0 aliphatic carbocycles. The van der Waals surface area contributed by atoms with E-state index in [1.807, 2.05) is 0 Å². The number of rotatable bonds is 11. The van der Waals surface area contributed by atoms with Crippen LogP contribution in [0.4, 0.5) is 0 Å². The predicted molar refractivity (Wildman–Crippen MR) is 98.3 cm³/mol. The number of halogens is 1. The number of nitrogens with two attached hydrogens (primary N) is 1. The third kappa shape index (κ3) is 9.61. The molecule has 0 aromatic rings. The van der Waals surface area contributed by atoms with Crippen LogP contribution >= 0.6 is 46.1 Å². The van der Waals surface area contributed by atoms with Gasteiger partial charge in [0.1, 0.15) is 12.3 Å². The van der Waals surface area contributed by atoms with E-state index >= 15 is 0 Å². The minimum absolute atomic E-state index is 0.0375. The van der Waals surface area contributed by atoms with Gasteiger partial charge in [0.15, 0.2) is 0 Å². The number of hydrogen-bond donors (Lipinski definition) is 6. The van der Waals surface area contributed by atoms with E-state index in [0.29, 0.717) is 0 Å². The van der Waals surface area contributed by atoms with Crippen molar-refractivity contribution in [1.82, 2.24) is 4.90 Å². The van der Waals surface area contributed by atoms with Gasteiger partial charge in [-0.25, -0.2) is 13.7 Å². The van der Waals surface area contributed by atoms with Gasteiger partial charge in [-0.3, -0.25) is 19.0 Å². The molecule has 0 spiro atoms. The fourth-order valence-corrected chi connectivity index (χ4v) is 5.25. The zero-order valence-electron chi connectivity index (χ0n) is 14.0. The van der Waals surface area contributed by atoms with Gasteiger partial charge in [-0.1, -0.05) is 0 Å². The molecule has 20 heteroatoms. The Hall–Kier alpha value is -0.260. The molecule has 2 unspecified atom stereocenters. The predicted octanol–water partition coefficient (Wildman–Crippen LogP) is -0.974. The fraction of sp³-hybridized carbons (Fsp3) is 0.556. The number of amides is 2. The summed E-state index contributed by atoms with van der Waals surface area (Å²) in [5, 5.41) is 9.92. The van der Waals surface area contributed by atoms with Crippen LogP contribution in [0.5, 0.6) is 0 Å². The second kappa shape index (κ2) is 10.4. The summed E-state index contributed by atoms with van der Waals surface area (Å²) in [5.74, 6) is -0.833. The second-order valence-corrected chi connectivity index (χ2v) is 10.8. The SMILES string of the molecule is NC(=O)/C(I)=C\N(C=O)[C@H]1C[C@@H](O)[C@@H](COP(=O)(O)OP(=O)(O)OP(=O)(O)O)O1. The number of carbonyl (C=O) groups excluding carboxylic acids is 2. The Kier molecular flexibility index (Phi) is 9.57. The molecular formula is C9H16IN2O14P3. The van der Waals surface area contributed by atoms with Crippen molar-refractivity contribution in [1.29, 1.82) is 0 Å². The first-order valence-electron chi connectivity index (χ1n) is 7.07. The van der Waals surface area contributed by atoms with E-state index in [1.54, 1.807) is 22.6 Å². The lowest BCUT2D eigenvalue weighted by atomic mass is 10.2. The molecule has 7 N–H and O–H groups in total. The molecule has 1 heterocycles. The van der Waals surface area contributed by atoms with Crippen LogP contribution in [0.2, 0.25) is 0 Å². The maximum absolute atomic E-state index is 11.7. The maximum atomic E-state index is 11.7. The van der Waals surface area contributed by atoms with E-state index in [1.165, 1.54) is 0 Å². The third-order valence-electron chi connectivity index (χ3n) is 2.97. The van der Waals surface area contributed by atoms with Gasteiger partial charge < -0.3 is 35.2 Å². The van der Waals surface area contributed by atoms with Crippen molar-refractivity contribution in [3.63, 3.8) is 0 Å². The number of nitrogens with zero attached hydrogens (tertiary/aromatic N) is 1. The van der Waals surface area contributed by atoms with Crippen molar-refractivity contribution in [2.45, 2.75) is 24.9 Å². The Balaban J connectivity index is 2.73. The lowest BCUT2D eigenvalue weighted by Gasteiger charge is -2.22. The monoisotopic (exact) mass is 596 g/mol. The highest BCUT2D eigenvalue weighted by Crippen LogP contribution is 2.66. The number of phosphoric ester groups is 1. The summed E-state index contributed by atoms with van der Waals surface area (Å²) in [4.78, 5) is 58.3. The molecule has 1 aliphatic heterocycles. The summed E-state index contributed by atoms with van der Waals surface area (Å²) < 4.78 is 50.1. The van der Waals surface area contributed by atoms with Gasteiger partial charge in [-0.2, -0.15) is 8.62 Å². The molecule has 0 aromatic heterocycles. The molecule has 1 rings (SSSR count). The maximum Gasteiger partial charge on any atom is 0.490 e. The molecule has 5 atom stereocenters. The average molecular weight is 596 g/mol. The van der Waals surface area contributed by atoms with Crippen LogP contribution in [-0.4, -0.2) is 66.9 Å². The first kappa shape index (κ1) is 26.8. The molecule has 1 saturated heterocycles. The Bertz CT molecular complexity index is 799. The smallest absolute Gasteiger partial charge is 0.390 e. The Labute approximate surface area is 176 Å². The van der Waals surface area contributed by atoms with Crippen molar-refractivity contribution in [3.05, 3.63) is 9.78 Å².